The molecule has 2 aliphatic rings. The van der Waals surface area contributed by atoms with Crippen LogP contribution in [0.5, 0.6) is 0 Å². The van der Waals surface area contributed by atoms with Crippen molar-refractivity contribution < 1.29 is 4.39 Å². The second-order valence-corrected chi connectivity index (χ2v) is 12.0. The zero-order valence-electron chi connectivity index (χ0n) is 25.6. The van der Waals surface area contributed by atoms with Gasteiger partial charge in [-0.3, -0.25) is 0 Å². The number of benzene rings is 2. The first-order chi connectivity index (χ1) is 19.7. The van der Waals surface area contributed by atoms with Gasteiger partial charge in [0.1, 0.15) is 5.82 Å². The van der Waals surface area contributed by atoms with E-state index in [4.69, 9.17) is 0 Å². The summed E-state index contributed by atoms with van der Waals surface area (Å²) in [5, 5.41) is 3.63. The molecule has 0 bridgehead atoms. The number of rotatable bonds is 9. The summed E-state index contributed by atoms with van der Waals surface area (Å²) in [5.74, 6) is 0.0905. The number of nitrogens with zero attached hydrogens (tertiary/aromatic N) is 3. The summed E-state index contributed by atoms with van der Waals surface area (Å²) in [7, 11) is 0. The summed E-state index contributed by atoms with van der Waals surface area (Å²) >= 11 is 1.68. The van der Waals surface area contributed by atoms with Crippen molar-refractivity contribution in [3.8, 4) is 10.4 Å². The van der Waals surface area contributed by atoms with E-state index in [2.05, 4.69) is 85.7 Å². The van der Waals surface area contributed by atoms with Crippen LogP contribution in [0.25, 0.3) is 16.1 Å². The molecule has 1 fully saturated rings. The zero-order valence-corrected chi connectivity index (χ0v) is 26.4. The number of likely N-dealkylation sites (tertiary alicyclic amines) is 1. The molecule has 0 aliphatic carbocycles. The molecule has 3 aromatic rings. The van der Waals surface area contributed by atoms with Crippen molar-refractivity contribution in [1.29, 1.82) is 0 Å². The van der Waals surface area contributed by atoms with Crippen molar-refractivity contribution in [2.24, 2.45) is 5.92 Å². The molecule has 0 amide bonds. The highest BCUT2D eigenvalue weighted by Crippen LogP contribution is 2.40. The van der Waals surface area contributed by atoms with E-state index in [1.54, 1.807) is 17.4 Å². The maximum atomic E-state index is 14.7. The van der Waals surface area contributed by atoms with Gasteiger partial charge in [0.2, 0.25) is 0 Å². The third kappa shape index (κ3) is 6.13. The van der Waals surface area contributed by atoms with Gasteiger partial charge in [-0.05, 0) is 60.9 Å². The fraction of sp³-hybridized carbons (Fsp3) is 0.400. The van der Waals surface area contributed by atoms with Crippen molar-refractivity contribution in [1.82, 2.24) is 20.1 Å². The normalized spacial score (nSPS) is 16.9. The molecule has 218 valence electrons. The Hall–Kier alpha value is -3.38. The van der Waals surface area contributed by atoms with Crippen molar-refractivity contribution in [3.05, 3.63) is 107 Å². The molecule has 5 rings (SSSR count). The lowest BCUT2D eigenvalue weighted by molar-refractivity contribution is 0.206. The van der Waals surface area contributed by atoms with Crippen molar-refractivity contribution in [2.75, 3.05) is 6.54 Å². The third-order valence-electron chi connectivity index (χ3n) is 8.26. The van der Waals surface area contributed by atoms with Crippen LogP contribution in [0.15, 0.2) is 73.0 Å². The lowest BCUT2D eigenvalue weighted by atomic mass is 9.97. The van der Waals surface area contributed by atoms with Gasteiger partial charge in [0.25, 0.3) is 0 Å². The number of hydrogen-bond donors (Lipinski definition) is 1. The molecule has 2 unspecified atom stereocenters. The van der Waals surface area contributed by atoms with E-state index in [0.717, 1.165) is 54.3 Å². The minimum atomic E-state index is -0.199. The van der Waals surface area contributed by atoms with E-state index in [1.807, 2.05) is 25.4 Å². The summed E-state index contributed by atoms with van der Waals surface area (Å²) in [6, 6.07) is 12.2. The van der Waals surface area contributed by atoms with Gasteiger partial charge in [-0.25, -0.2) is 9.37 Å². The van der Waals surface area contributed by atoms with Gasteiger partial charge in [-0.15, -0.1) is 11.3 Å². The van der Waals surface area contributed by atoms with E-state index in [9.17, 15) is 4.39 Å². The highest BCUT2D eigenvalue weighted by molar-refractivity contribution is 7.13. The molecule has 0 radical (unpaired) electrons. The molecule has 0 saturated carbocycles. The maximum absolute atomic E-state index is 14.7. The second-order valence-electron chi connectivity index (χ2n) is 11.2. The Morgan fingerprint density at radius 3 is 2.56 bits per heavy atom. The molecule has 2 atom stereocenters. The molecule has 1 N–H and O–H groups in total. The molecule has 6 heteroatoms. The smallest absolute Gasteiger partial charge is 0.132 e. The number of aryl methyl sites for hydroxylation is 2. The Morgan fingerprint density at radius 2 is 1.93 bits per heavy atom. The number of nitrogens with one attached hydrogen (secondary N) is 1. The predicted molar refractivity (Wildman–Crippen MR) is 173 cm³/mol. The van der Waals surface area contributed by atoms with Gasteiger partial charge in [-0.1, -0.05) is 77.8 Å². The number of aromatic nitrogens is 1. The first kappa shape index (κ1) is 30.6. The lowest BCUT2D eigenvalue weighted by Gasteiger charge is -2.41. The van der Waals surface area contributed by atoms with Gasteiger partial charge in [0, 0.05) is 42.3 Å². The molecule has 1 saturated heterocycles. The van der Waals surface area contributed by atoms with Crippen LogP contribution in [-0.2, 0) is 13.1 Å². The van der Waals surface area contributed by atoms with Gasteiger partial charge in [0.15, 0.2) is 0 Å². The zero-order chi connectivity index (χ0) is 29.8. The fourth-order valence-electron chi connectivity index (χ4n) is 6.22. The van der Waals surface area contributed by atoms with Crippen LogP contribution in [0.2, 0.25) is 0 Å². The monoisotopic (exact) mass is 572 g/mol. The van der Waals surface area contributed by atoms with Crippen molar-refractivity contribution in [2.45, 2.75) is 79.6 Å². The summed E-state index contributed by atoms with van der Waals surface area (Å²) in [6.07, 6.45) is 2.13. The number of thiazole rings is 1. The summed E-state index contributed by atoms with van der Waals surface area (Å²) in [5.41, 5.74) is 11.2. The number of halogens is 1. The second kappa shape index (κ2) is 13.1. The Labute approximate surface area is 250 Å². The van der Waals surface area contributed by atoms with Gasteiger partial charge in [0.05, 0.1) is 28.2 Å². The van der Waals surface area contributed by atoms with Crippen LogP contribution in [0.3, 0.4) is 0 Å². The maximum Gasteiger partial charge on any atom is 0.132 e. The quantitative estimate of drug-likeness (QED) is 0.278. The minimum absolute atomic E-state index is 0.0303. The summed E-state index contributed by atoms with van der Waals surface area (Å²) in [4.78, 5) is 10.3. The third-order valence-corrected chi connectivity index (χ3v) is 9.24. The van der Waals surface area contributed by atoms with Gasteiger partial charge in [-0.2, -0.15) is 0 Å². The average molecular weight is 573 g/mol. The SMILES string of the molecule is C=C(NCc1ccc(-c2scnc2C)cc1C)C1CCCN1C(=C)C(C(C)C)N1Cc2cccc(F)c2C1=C.CC. The molecule has 2 aliphatic heterocycles. The van der Waals surface area contributed by atoms with Crippen LogP contribution >= 0.6 is 11.3 Å². The van der Waals surface area contributed by atoms with Gasteiger partial charge >= 0.3 is 0 Å². The first-order valence-electron chi connectivity index (χ1n) is 14.8. The molecule has 2 aromatic carbocycles. The Bertz CT molecular complexity index is 1420. The Balaban J connectivity index is 0.00000189. The fourth-order valence-corrected chi connectivity index (χ4v) is 7.02. The van der Waals surface area contributed by atoms with Crippen LogP contribution in [0, 0.1) is 25.6 Å². The van der Waals surface area contributed by atoms with Crippen LogP contribution in [0.4, 0.5) is 4.39 Å². The lowest BCUT2D eigenvalue weighted by Crippen LogP contribution is -2.45. The molecule has 41 heavy (non-hydrogen) atoms. The molecule has 4 nitrogen and oxygen atoms in total. The predicted octanol–water partition coefficient (Wildman–Crippen LogP) is 8.68. The number of hydrogen-bond acceptors (Lipinski definition) is 5. The van der Waals surface area contributed by atoms with E-state index in [0.29, 0.717) is 12.1 Å². The standard InChI is InChI=1S/C33H39FN4S.C2H6/c1-20(2)32(38-18-28-10-8-11-29(34)31(28)24(38)6)25(7)37-15-9-12-30(37)22(4)35-17-27-14-13-26(16-21(27)3)33-23(5)36-19-39-33;1-2/h8,10-11,13-14,16,19-20,30,32,35H,4,6-7,9,12,15,17-18H2,1-3,5H3;1-2H3. The van der Waals surface area contributed by atoms with E-state index in [-0.39, 0.29) is 23.8 Å². The minimum Gasteiger partial charge on any atom is -0.383 e. The number of fused-ring (bicyclic) bond motifs is 1. The summed E-state index contributed by atoms with van der Waals surface area (Å²) < 4.78 is 14.7. The topological polar surface area (TPSA) is 31.4 Å². The van der Waals surface area contributed by atoms with E-state index in [1.165, 1.54) is 27.6 Å². The van der Waals surface area contributed by atoms with E-state index >= 15 is 0 Å². The molecule has 0 spiro atoms. The average Bonchev–Trinajstić information content (AvgIpc) is 3.69. The summed E-state index contributed by atoms with van der Waals surface area (Å²) in [6.45, 7) is 28.3. The Kier molecular flexibility index (Phi) is 9.75. The van der Waals surface area contributed by atoms with Crippen LogP contribution in [0.1, 0.15) is 68.5 Å². The first-order valence-corrected chi connectivity index (χ1v) is 15.7. The highest BCUT2D eigenvalue weighted by atomic mass is 32.1. The highest BCUT2D eigenvalue weighted by Gasteiger charge is 2.38. The molecule has 1 aromatic heterocycles. The van der Waals surface area contributed by atoms with Gasteiger partial charge < -0.3 is 15.1 Å². The molecular formula is C35H45FN4S. The van der Waals surface area contributed by atoms with Crippen LogP contribution < -0.4 is 5.32 Å². The van der Waals surface area contributed by atoms with Crippen molar-refractivity contribution >= 4 is 17.0 Å². The largest absolute Gasteiger partial charge is 0.383 e. The van der Waals surface area contributed by atoms with Crippen LogP contribution in [-0.4, -0.2) is 33.4 Å². The van der Waals surface area contributed by atoms with E-state index < -0.39 is 0 Å². The van der Waals surface area contributed by atoms with Crippen molar-refractivity contribution in [3.63, 3.8) is 0 Å². The molecule has 3 heterocycles. The molecular weight excluding hydrogens is 527 g/mol. The Morgan fingerprint density at radius 1 is 1.17 bits per heavy atom.